The van der Waals surface area contributed by atoms with E-state index >= 15 is 0 Å². The molecule has 0 radical (unpaired) electrons. The molecule has 10 aromatic rings. The van der Waals surface area contributed by atoms with Crippen LogP contribution < -0.4 is 4.90 Å². The molecule has 0 spiro atoms. The Morgan fingerprint density at radius 2 is 1.10 bits per heavy atom. The minimum absolute atomic E-state index is 0.867. The van der Waals surface area contributed by atoms with E-state index in [-0.39, 0.29) is 0 Å². The zero-order valence-corrected chi connectivity index (χ0v) is 28.3. The number of hydrogen-bond donors (Lipinski definition) is 0. The first kappa shape index (κ1) is 29.0. The van der Waals surface area contributed by atoms with E-state index in [0.29, 0.717) is 0 Å². The molecule has 4 heteroatoms. The van der Waals surface area contributed by atoms with Gasteiger partial charge in [-0.05, 0) is 66.9 Å². The molecule has 0 bridgehead atoms. The van der Waals surface area contributed by atoms with Crippen molar-refractivity contribution in [3.63, 3.8) is 0 Å². The third-order valence-electron chi connectivity index (χ3n) is 10.7. The summed E-state index contributed by atoms with van der Waals surface area (Å²) >= 11 is 0. The second kappa shape index (κ2) is 11.4. The molecule has 0 aliphatic heterocycles. The van der Waals surface area contributed by atoms with Crippen LogP contribution in [0.3, 0.4) is 0 Å². The largest absolute Gasteiger partial charge is 0.456 e. The van der Waals surface area contributed by atoms with E-state index in [1.165, 1.54) is 38.3 Å². The van der Waals surface area contributed by atoms with Crippen LogP contribution in [0.2, 0.25) is 0 Å². The predicted molar refractivity (Wildman–Crippen MR) is 215 cm³/mol. The average Bonchev–Trinajstić information content (AvgIpc) is 3.88. The molecular formula is C48H32N2O2. The van der Waals surface area contributed by atoms with Crippen molar-refractivity contribution < 1.29 is 8.83 Å². The van der Waals surface area contributed by atoms with Gasteiger partial charge in [0.15, 0.2) is 5.58 Å². The van der Waals surface area contributed by atoms with E-state index in [4.69, 9.17) is 8.83 Å². The number of aryl methyl sites for hydroxylation is 1. The zero-order valence-electron chi connectivity index (χ0n) is 28.3. The third-order valence-corrected chi connectivity index (χ3v) is 10.7. The Balaban J connectivity index is 1.08. The minimum atomic E-state index is 0.867. The number of rotatable bonds is 5. The van der Waals surface area contributed by atoms with Gasteiger partial charge in [-0.2, -0.15) is 0 Å². The van der Waals surface area contributed by atoms with Gasteiger partial charge in [0.1, 0.15) is 16.9 Å². The molecular weight excluding hydrogens is 637 g/mol. The summed E-state index contributed by atoms with van der Waals surface area (Å²) in [6.45, 7) is 0. The zero-order chi connectivity index (χ0) is 34.2. The number of furan rings is 2. The molecule has 3 aromatic heterocycles. The van der Waals surface area contributed by atoms with Crippen LogP contribution in [0.5, 0.6) is 0 Å². The van der Waals surface area contributed by atoms with E-state index in [9.17, 15) is 0 Å². The highest BCUT2D eigenvalue weighted by Gasteiger charge is 2.26. The van der Waals surface area contributed by atoms with Crippen molar-refractivity contribution in [3.8, 4) is 16.8 Å². The maximum atomic E-state index is 6.62. The second-order valence-electron chi connectivity index (χ2n) is 13.6. The molecule has 0 saturated carbocycles. The molecule has 0 fully saturated rings. The Morgan fingerprint density at radius 3 is 1.87 bits per heavy atom. The number of benzene rings is 7. The van der Waals surface area contributed by atoms with E-state index in [2.05, 4.69) is 161 Å². The van der Waals surface area contributed by atoms with Gasteiger partial charge in [-0.25, -0.2) is 0 Å². The number of nitrogens with zero attached hydrogens (tertiary/aromatic N) is 2. The Labute approximate surface area is 300 Å². The van der Waals surface area contributed by atoms with Crippen LogP contribution in [-0.4, -0.2) is 4.57 Å². The number of para-hydroxylation sites is 6. The maximum absolute atomic E-state index is 6.62. The molecule has 7 aromatic carbocycles. The molecule has 4 nitrogen and oxygen atoms in total. The van der Waals surface area contributed by atoms with Crippen LogP contribution in [-0.2, 0) is 6.42 Å². The van der Waals surface area contributed by atoms with E-state index in [0.717, 1.165) is 74.4 Å². The topological polar surface area (TPSA) is 34.5 Å². The monoisotopic (exact) mass is 668 g/mol. The lowest BCUT2D eigenvalue weighted by Gasteiger charge is -2.30. The lowest BCUT2D eigenvalue weighted by atomic mass is 9.97. The Kier molecular flexibility index (Phi) is 6.34. The SMILES string of the molecule is C1=C(N(c2ccc(-c3ccccc3-n3c4ccccc4c4ccccc43)cc2)c2cccc3c2oc2ccccc23)CCc2c1oc1ccccc21. The van der Waals surface area contributed by atoms with Gasteiger partial charge in [-0.15, -0.1) is 0 Å². The number of hydrogen-bond acceptors (Lipinski definition) is 3. The lowest BCUT2D eigenvalue weighted by molar-refractivity contribution is 0.593. The second-order valence-corrected chi connectivity index (χ2v) is 13.6. The van der Waals surface area contributed by atoms with Gasteiger partial charge in [0.25, 0.3) is 0 Å². The quantitative estimate of drug-likeness (QED) is 0.183. The summed E-state index contributed by atoms with van der Waals surface area (Å²) in [5, 5.41) is 5.94. The van der Waals surface area contributed by atoms with Crippen molar-refractivity contribution in [2.75, 3.05) is 4.90 Å². The first-order valence-electron chi connectivity index (χ1n) is 17.9. The summed E-state index contributed by atoms with van der Waals surface area (Å²) in [4.78, 5) is 2.36. The number of allylic oxidation sites excluding steroid dienone is 1. The fourth-order valence-electron chi connectivity index (χ4n) is 8.40. The van der Waals surface area contributed by atoms with Crippen molar-refractivity contribution in [2.45, 2.75) is 12.8 Å². The van der Waals surface area contributed by atoms with Crippen molar-refractivity contribution in [1.29, 1.82) is 0 Å². The number of fused-ring (bicyclic) bond motifs is 9. The molecule has 52 heavy (non-hydrogen) atoms. The molecule has 246 valence electrons. The van der Waals surface area contributed by atoms with Gasteiger partial charge in [0.05, 0.1) is 22.4 Å². The molecule has 11 rings (SSSR count). The molecule has 3 heterocycles. The minimum Gasteiger partial charge on any atom is -0.456 e. The van der Waals surface area contributed by atoms with Crippen LogP contribution in [0.15, 0.2) is 178 Å². The Morgan fingerprint density at radius 1 is 0.481 bits per heavy atom. The van der Waals surface area contributed by atoms with Gasteiger partial charge >= 0.3 is 0 Å². The Hall–Kier alpha value is -6.78. The highest BCUT2D eigenvalue weighted by molar-refractivity contribution is 6.11. The highest BCUT2D eigenvalue weighted by atomic mass is 16.3. The fourth-order valence-corrected chi connectivity index (χ4v) is 8.40. The summed E-state index contributed by atoms with van der Waals surface area (Å²) in [6.07, 6.45) is 3.99. The lowest BCUT2D eigenvalue weighted by Crippen LogP contribution is -2.19. The number of anilines is 2. The standard InChI is InChI=1S/C48H32N2O2/c1-6-18-41(50-42-19-7-2-13-35(42)36-14-3-8-20-43(36)50)34(12-1)31-24-26-32(27-25-31)49(33-28-29-39-37-15-4-9-22-45(37)51-47(39)30-33)44-21-11-17-40-38-16-5-10-23-46(38)52-48(40)44/h1-27,30H,28-29H2. The summed E-state index contributed by atoms with van der Waals surface area (Å²) < 4.78 is 15.5. The smallest absolute Gasteiger partial charge is 0.159 e. The van der Waals surface area contributed by atoms with E-state index in [1.54, 1.807) is 0 Å². The molecule has 0 saturated heterocycles. The third kappa shape index (κ3) is 4.34. The molecule has 0 amide bonds. The molecule has 1 aliphatic carbocycles. The fraction of sp³-hybridized carbons (Fsp3) is 0.0417. The Bertz CT molecular complexity index is 2970. The highest BCUT2D eigenvalue weighted by Crippen LogP contribution is 2.44. The van der Waals surface area contributed by atoms with Crippen molar-refractivity contribution in [3.05, 3.63) is 181 Å². The van der Waals surface area contributed by atoms with Gasteiger partial charge in [0.2, 0.25) is 0 Å². The number of aromatic nitrogens is 1. The summed E-state index contributed by atoms with van der Waals surface area (Å²) in [7, 11) is 0. The average molecular weight is 669 g/mol. The molecule has 0 unspecified atom stereocenters. The molecule has 0 atom stereocenters. The first-order chi connectivity index (χ1) is 25.8. The van der Waals surface area contributed by atoms with E-state index in [1.807, 2.05) is 18.2 Å². The van der Waals surface area contributed by atoms with Crippen molar-refractivity contribution in [1.82, 2.24) is 4.57 Å². The molecule has 1 aliphatic rings. The van der Waals surface area contributed by atoms with Crippen molar-refractivity contribution in [2.24, 2.45) is 0 Å². The normalized spacial score (nSPS) is 13.0. The van der Waals surface area contributed by atoms with Gasteiger partial charge < -0.3 is 18.3 Å². The van der Waals surface area contributed by atoms with Crippen LogP contribution in [0, 0.1) is 0 Å². The van der Waals surface area contributed by atoms with Crippen molar-refractivity contribution >= 4 is 72.2 Å². The van der Waals surface area contributed by atoms with Crippen LogP contribution in [0.25, 0.3) is 77.6 Å². The maximum Gasteiger partial charge on any atom is 0.159 e. The van der Waals surface area contributed by atoms with Crippen LogP contribution >= 0.6 is 0 Å². The first-order valence-corrected chi connectivity index (χ1v) is 17.9. The van der Waals surface area contributed by atoms with E-state index < -0.39 is 0 Å². The summed E-state index contributed by atoms with van der Waals surface area (Å²) in [5.74, 6) is 0.931. The predicted octanol–water partition coefficient (Wildman–Crippen LogP) is 13.2. The molecule has 0 N–H and O–H groups in total. The van der Waals surface area contributed by atoms with Crippen LogP contribution in [0.1, 0.15) is 17.7 Å². The van der Waals surface area contributed by atoms with Gasteiger partial charge in [0, 0.05) is 55.5 Å². The summed E-state index contributed by atoms with van der Waals surface area (Å²) in [5.41, 5.74) is 13.1. The van der Waals surface area contributed by atoms with Gasteiger partial charge in [-0.1, -0.05) is 115 Å². The van der Waals surface area contributed by atoms with Gasteiger partial charge in [-0.3, -0.25) is 0 Å². The van der Waals surface area contributed by atoms with Crippen LogP contribution in [0.4, 0.5) is 11.4 Å². The summed E-state index contributed by atoms with van der Waals surface area (Å²) in [6, 6.07) is 58.2.